The largest absolute Gasteiger partial charge is 0.478 e. The molecule has 0 saturated heterocycles. The number of hydrogen-bond acceptors (Lipinski definition) is 6. The normalized spacial score (nSPS) is 11.2. The molecule has 2 aromatic rings. The van der Waals surface area contributed by atoms with Crippen LogP contribution in [0.3, 0.4) is 0 Å². The highest BCUT2D eigenvalue weighted by Gasteiger charge is 2.34. The molecular weight excluding hydrogens is 323 g/mol. The summed E-state index contributed by atoms with van der Waals surface area (Å²) in [6.07, 6.45) is -2.96. The molecule has 1 N–H and O–H groups in total. The Kier molecular flexibility index (Phi) is 5.42. The molecule has 0 aliphatic rings. The number of hydrogen-bond donors (Lipinski definition) is 1. The minimum atomic E-state index is -4.55. The van der Waals surface area contributed by atoms with Gasteiger partial charge in [0.25, 0.3) is 0 Å². The summed E-state index contributed by atoms with van der Waals surface area (Å²) in [5.41, 5.74) is -0.299. The first-order valence-electron chi connectivity index (χ1n) is 7.25. The molecule has 0 bridgehead atoms. The highest BCUT2D eigenvalue weighted by atomic mass is 19.4. The van der Waals surface area contributed by atoms with Gasteiger partial charge in [0, 0.05) is 38.5 Å². The summed E-state index contributed by atoms with van der Waals surface area (Å²) in [5.74, 6) is 0.475. The van der Waals surface area contributed by atoms with Gasteiger partial charge in [0.15, 0.2) is 5.69 Å². The fourth-order valence-corrected chi connectivity index (χ4v) is 1.89. The lowest BCUT2D eigenvalue weighted by Gasteiger charge is -2.16. The number of pyridine rings is 1. The molecule has 0 aliphatic carbocycles. The van der Waals surface area contributed by atoms with Gasteiger partial charge in [0.2, 0.25) is 11.8 Å². The van der Waals surface area contributed by atoms with Gasteiger partial charge in [-0.15, -0.1) is 0 Å². The first-order valence-corrected chi connectivity index (χ1v) is 7.25. The van der Waals surface area contributed by atoms with Crippen molar-refractivity contribution < 1.29 is 17.9 Å². The van der Waals surface area contributed by atoms with E-state index in [2.05, 4.69) is 20.3 Å². The van der Waals surface area contributed by atoms with Crippen LogP contribution in [-0.4, -0.2) is 35.7 Å². The van der Waals surface area contributed by atoms with Gasteiger partial charge < -0.3 is 15.0 Å². The monoisotopic (exact) mass is 341 g/mol. The molecule has 0 fully saturated rings. The third-order valence-corrected chi connectivity index (χ3v) is 3.03. The van der Waals surface area contributed by atoms with Crippen LogP contribution in [0.15, 0.2) is 24.4 Å². The van der Waals surface area contributed by atoms with E-state index in [-0.39, 0.29) is 18.3 Å². The van der Waals surface area contributed by atoms with E-state index in [0.29, 0.717) is 18.1 Å². The number of ether oxygens (including phenoxy) is 1. The Balaban J connectivity index is 2.25. The maximum absolute atomic E-state index is 13.0. The zero-order valence-corrected chi connectivity index (χ0v) is 13.6. The minimum absolute atomic E-state index is 0.111. The Morgan fingerprint density at radius 1 is 1.25 bits per heavy atom. The van der Waals surface area contributed by atoms with Gasteiger partial charge in [-0.25, -0.2) is 9.97 Å². The molecule has 0 unspecified atom stereocenters. The van der Waals surface area contributed by atoms with E-state index < -0.39 is 11.9 Å². The second-order valence-corrected chi connectivity index (χ2v) is 5.08. The van der Waals surface area contributed by atoms with Crippen molar-refractivity contribution in [2.45, 2.75) is 19.6 Å². The van der Waals surface area contributed by atoms with Crippen LogP contribution in [0.5, 0.6) is 5.88 Å². The van der Waals surface area contributed by atoms with E-state index in [9.17, 15) is 13.2 Å². The van der Waals surface area contributed by atoms with Crippen LogP contribution in [-0.2, 0) is 12.7 Å². The van der Waals surface area contributed by atoms with Crippen LogP contribution in [0.2, 0.25) is 0 Å². The number of aromatic nitrogens is 3. The van der Waals surface area contributed by atoms with Gasteiger partial charge >= 0.3 is 6.18 Å². The summed E-state index contributed by atoms with van der Waals surface area (Å²) in [4.78, 5) is 13.2. The molecule has 2 aromatic heterocycles. The first-order chi connectivity index (χ1) is 11.3. The summed E-state index contributed by atoms with van der Waals surface area (Å²) >= 11 is 0. The van der Waals surface area contributed by atoms with Crippen molar-refractivity contribution >= 4 is 11.8 Å². The Hall–Kier alpha value is -2.58. The Morgan fingerprint density at radius 2 is 2.00 bits per heavy atom. The molecule has 0 spiro atoms. The van der Waals surface area contributed by atoms with Crippen LogP contribution in [0.4, 0.5) is 24.9 Å². The van der Waals surface area contributed by atoms with E-state index in [4.69, 9.17) is 4.74 Å². The summed E-state index contributed by atoms with van der Waals surface area (Å²) < 4.78 is 44.3. The highest BCUT2D eigenvalue weighted by Crippen LogP contribution is 2.30. The van der Waals surface area contributed by atoms with Gasteiger partial charge in [0.1, 0.15) is 5.82 Å². The van der Waals surface area contributed by atoms with Crippen molar-refractivity contribution in [1.82, 2.24) is 15.0 Å². The fraction of sp³-hybridized carbons (Fsp3) is 0.400. The third kappa shape index (κ3) is 4.46. The molecule has 130 valence electrons. The van der Waals surface area contributed by atoms with E-state index in [1.54, 1.807) is 32.4 Å². The molecule has 2 rings (SSSR count). The van der Waals surface area contributed by atoms with Crippen molar-refractivity contribution in [3.63, 3.8) is 0 Å². The van der Waals surface area contributed by atoms with Crippen molar-refractivity contribution in [2.24, 2.45) is 0 Å². The predicted molar refractivity (Wildman–Crippen MR) is 84.1 cm³/mol. The van der Waals surface area contributed by atoms with Crippen molar-refractivity contribution in [1.29, 1.82) is 0 Å². The first kappa shape index (κ1) is 17.8. The van der Waals surface area contributed by atoms with Crippen LogP contribution in [0, 0.1) is 0 Å². The Labute approximate surface area is 137 Å². The van der Waals surface area contributed by atoms with E-state index in [1.165, 1.54) is 4.90 Å². The van der Waals surface area contributed by atoms with Crippen LogP contribution < -0.4 is 15.0 Å². The van der Waals surface area contributed by atoms with Gasteiger partial charge in [-0.05, 0) is 13.0 Å². The average Bonchev–Trinajstić information content (AvgIpc) is 2.53. The number of halogens is 3. The quantitative estimate of drug-likeness (QED) is 0.872. The van der Waals surface area contributed by atoms with E-state index in [1.807, 2.05) is 6.92 Å². The zero-order valence-electron chi connectivity index (χ0n) is 13.6. The molecule has 6 nitrogen and oxygen atoms in total. The lowest BCUT2D eigenvalue weighted by atomic mass is 10.2. The molecule has 0 aliphatic heterocycles. The molecule has 24 heavy (non-hydrogen) atoms. The maximum atomic E-state index is 13.0. The molecule has 0 amide bonds. The van der Waals surface area contributed by atoms with Gasteiger partial charge in [0.05, 0.1) is 6.61 Å². The van der Waals surface area contributed by atoms with Crippen molar-refractivity contribution in [2.75, 3.05) is 30.9 Å². The SMILES string of the molecule is CCOc1ncccc1CNc1nc(N(C)C)cc(C(F)(F)F)n1. The van der Waals surface area contributed by atoms with Crippen LogP contribution in [0.25, 0.3) is 0 Å². The lowest BCUT2D eigenvalue weighted by molar-refractivity contribution is -0.141. The number of anilines is 2. The Bertz CT molecular complexity index is 691. The molecule has 0 aromatic carbocycles. The van der Waals surface area contributed by atoms with Crippen LogP contribution >= 0.6 is 0 Å². The average molecular weight is 341 g/mol. The number of nitrogens with one attached hydrogen (secondary N) is 1. The minimum Gasteiger partial charge on any atom is -0.478 e. The highest BCUT2D eigenvalue weighted by molar-refractivity contribution is 5.45. The topological polar surface area (TPSA) is 63.2 Å². The molecule has 0 atom stereocenters. The number of rotatable bonds is 6. The number of alkyl halides is 3. The number of nitrogens with zero attached hydrogens (tertiary/aromatic N) is 4. The second kappa shape index (κ2) is 7.33. The van der Waals surface area contributed by atoms with E-state index in [0.717, 1.165) is 6.07 Å². The van der Waals surface area contributed by atoms with Gasteiger partial charge in [-0.1, -0.05) is 6.07 Å². The standard InChI is InChI=1S/C15H18F3N5O/c1-4-24-13-10(6-5-7-19-13)9-20-14-21-11(15(16,17)18)8-12(22-14)23(2)3/h5-8H,4,9H2,1-3H3,(H,20,21,22). The molecule has 2 heterocycles. The van der Waals surface area contributed by atoms with Gasteiger partial charge in [-0.2, -0.15) is 18.2 Å². The second-order valence-electron chi connectivity index (χ2n) is 5.08. The fourth-order valence-electron chi connectivity index (χ4n) is 1.89. The zero-order chi connectivity index (χ0) is 17.7. The van der Waals surface area contributed by atoms with Crippen molar-refractivity contribution in [3.8, 4) is 5.88 Å². The van der Waals surface area contributed by atoms with Gasteiger partial charge in [-0.3, -0.25) is 0 Å². The smallest absolute Gasteiger partial charge is 0.433 e. The predicted octanol–water partition coefficient (Wildman–Crippen LogP) is 2.97. The maximum Gasteiger partial charge on any atom is 0.433 e. The van der Waals surface area contributed by atoms with E-state index >= 15 is 0 Å². The third-order valence-electron chi connectivity index (χ3n) is 3.03. The lowest BCUT2D eigenvalue weighted by Crippen LogP contribution is -2.17. The summed E-state index contributed by atoms with van der Waals surface area (Å²) in [5, 5.41) is 2.80. The molecule has 9 heteroatoms. The van der Waals surface area contributed by atoms with Crippen molar-refractivity contribution in [3.05, 3.63) is 35.7 Å². The Morgan fingerprint density at radius 3 is 2.62 bits per heavy atom. The summed E-state index contributed by atoms with van der Waals surface area (Å²) in [7, 11) is 3.22. The molecule has 0 radical (unpaired) electrons. The molecular formula is C15H18F3N5O. The van der Waals surface area contributed by atoms with Crippen LogP contribution in [0.1, 0.15) is 18.2 Å². The summed E-state index contributed by atoms with van der Waals surface area (Å²) in [6, 6.07) is 4.39. The summed E-state index contributed by atoms with van der Waals surface area (Å²) in [6.45, 7) is 2.46. The molecule has 0 saturated carbocycles.